The van der Waals surface area contributed by atoms with Gasteiger partial charge in [-0.05, 0) is 31.0 Å². The first kappa shape index (κ1) is 14.6. The van der Waals surface area contributed by atoms with Crippen molar-refractivity contribution >= 4 is 0 Å². The quantitative estimate of drug-likeness (QED) is 0.908. The van der Waals surface area contributed by atoms with Crippen LogP contribution in [0.5, 0.6) is 0 Å². The molecule has 0 saturated heterocycles. The molecular formula is C16H20FN3. The van der Waals surface area contributed by atoms with Gasteiger partial charge in [-0.15, -0.1) is 0 Å². The molecule has 0 saturated carbocycles. The lowest BCUT2D eigenvalue weighted by molar-refractivity contribution is 0.551. The second-order valence-electron chi connectivity index (χ2n) is 5.40. The van der Waals surface area contributed by atoms with Gasteiger partial charge in [0.1, 0.15) is 5.82 Å². The fraction of sp³-hybridized carbons (Fsp3) is 0.375. The van der Waals surface area contributed by atoms with Gasteiger partial charge >= 0.3 is 0 Å². The Morgan fingerprint density at radius 3 is 2.50 bits per heavy atom. The summed E-state index contributed by atoms with van der Waals surface area (Å²) < 4.78 is 13.5. The smallest absolute Gasteiger partial charge is 0.159 e. The molecular weight excluding hydrogens is 253 g/mol. The third-order valence-electron chi connectivity index (χ3n) is 3.02. The van der Waals surface area contributed by atoms with E-state index >= 15 is 0 Å². The second kappa shape index (κ2) is 6.57. The van der Waals surface area contributed by atoms with Gasteiger partial charge in [-0.1, -0.05) is 26.0 Å². The fourth-order valence-electron chi connectivity index (χ4n) is 1.83. The van der Waals surface area contributed by atoms with Gasteiger partial charge < -0.3 is 5.32 Å². The van der Waals surface area contributed by atoms with Gasteiger partial charge in [0.15, 0.2) is 5.82 Å². The molecule has 106 valence electrons. The summed E-state index contributed by atoms with van der Waals surface area (Å²) in [6.07, 6.45) is 3.57. The van der Waals surface area contributed by atoms with Crippen molar-refractivity contribution in [2.75, 3.05) is 6.54 Å². The zero-order chi connectivity index (χ0) is 14.5. The molecule has 0 aliphatic heterocycles. The highest BCUT2D eigenvalue weighted by atomic mass is 19.1. The Hall–Kier alpha value is -1.81. The lowest BCUT2D eigenvalue weighted by Gasteiger charge is -2.07. The predicted molar refractivity (Wildman–Crippen MR) is 78.7 cm³/mol. The van der Waals surface area contributed by atoms with Gasteiger partial charge in [0, 0.05) is 30.1 Å². The highest BCUT2D eigenvalue weighted by Crippen LogP contribution is 2.17. The monoisotopic (exact) mass is 273 g/mol. The number of hydrogen-bond donors (Lipinski definition) is 1. The molecule has 0 unspecified atom stereocenters. The SMILES string of the molecule is Cc1ccc(-c2ncc(CNCC(C)C)cn2)cc1F. The van der Waals surface area contributed by atoms with E-state index in [1.54, 1.807) is 25.4 Å². The Kier molecular flexibility index (Phi) is 4.79. The van der Waals surface area contributed by atoms with E-state index in [1.807, 2.05) is 6.07 Å². The number of nitrogens with one attached hydrogen (secondary N) is 1. The number of aryl methyl sites for hydroxylation is 1. The van der Waals surface area contributed by atoms with Crippen molar-refractivity contribution in [1.82, 2.24) is 15.3 Å². The molecule has 0 spiro atoms. The molecule has 0 radical (unpaired) electrons. The summed E-state index contributed by atoms with van der Waals surface area (Å²) in [4.78, 5) is 8.60. The Bertz CT molecular complexity index is 564. The van der Waals surface area contributed by atoms with E-state index in [1.165, 1.54) is 6.07 Å². The predicted octanol–water partition coefficient (Wildman–Crippen LogP) is 3.34. The molecule has 1 N–H and O–H groups in total. The molecule has 2 aromatic rings. The van der Waals surface area contributed by atoms with Crippen molar-refractivity contribution in [2.45, 2.75) is 27.3 Å². The van der Waals surface area contributed by atoms with Crippen LogP contribution in [-0.2, 0) is 6.54 Å². The van der Waals surface area contributed by atoms with E-state index in [0.717, 1.165) is 18.7 Å². The number of nitrogens with zero attached hydrogens (tertiary/aromatic N) is 2. The molecule has 0 amide bonds. The maximum Gasteiger partial charge on any atom is 0.159 e. The van der Waals surface area contributed by atoms with Crippen LogP contribution in [0.4, 0.5) is 4.39 Å². The number of rotatable bonds is 5. The van der Waals surface area contributed by atoms with Crippen molar-refractivity contribution in [3.8, 4) is 11.4 Å². The van der Waals surface area contributed by atoms with Crippen molar-refractivity contribution in [3.63, 3.8) is 0 Å². The van der Waals surface area contributed by atoms with Crippen LogP contribution in [0.25, 0.3) is 11.4 Å². The first-order chi connectivity index (χ1) is 9.56. The summed E-state index contributed by atoms with van der Waals surface area (Å²) in [5.41, 5.74) is 2.36. The van der Waals surface area contributed by atoms with Crippen LogP contribution in [0.1, 0.15) is 25.0 Å². The van der Waals surface area contributed by atoms with Crippen molar-refractivity contribution < 1.29 is 4.39 Å². The number of halogens is 1. The molecule has 0 aliphatic rings. The third kappa shape index (κ3) is 3.84. The van der Waals surface area contributed by atoms with Gasteiger partial charge in [-0.2, -0.15) is 0 Å². The Morgan fingerprint density at radius 2 is 1.90 bits per heavy atom. The molecule has 0 atom stereocenters. The maximum atomic E-state index is 13.5. The van der Waals surface area contributed by atoms with Crippen molar-refractivity contribution in [1.29, 1.82) is 0 Å². The zero-order valence-corrected chi connectivity index (χ0v) is 12.2. The lowest BCUT2D eigenvalue weighted by Crippen LogP contribution is -2.19. The Morgan fingerprint density at radius 1 is 1.20 bits per heavy atom. The third-order valence-corrected chi connectivity index (χ3v) is 3.02. The molecule has 2 rings (SSSR count). The Labute approximate surface area is 119 Å². The summed E-state index contributed by atoms with van der Waals surface area (Å²) in [6.45, 7) is 7.78. The number of hydrogen-bond acceptors (Lipinski definition) is 3. The van der Waals surface area contributed by atoms with Crippen LogP contribution in [0.3, 0.4) is 0 Å². The molecule has 1 aromatic carbocycles. The van der Waals surface area contributed by atoms with E-state index in [9.17, 15) is 4.39 Å². The van der Waals surface area contributed by atoms with Crippen LogP contribution in [0, 0.1) is 18.7 Å². The first-order valence-electron chi connectivity index (χ1n) is 6.84. The van der Waals surface area contributed by atoms with Crippen molar-refractivity contribution in [2.24, 2.45) is 5.92 Å². The van der Waals surface area contributed by atoms with Crippen LogP contribution < -0.4 is 5.32 Å². The highest BCUT2D eigenvalue weighted by molar-refractivity contribution is 5.55. The van der Waals surface area contributed by atoms with Crippen LogP contribution in [0.15, 0.2) is 30.6 Å². The molecule has 3 nitrogen and oxygen atoms in total. The van der Waals surface area contributed by atoms with E-state index in [-0.39, 0.29) is 5.82 Å². The summed E-state index contributed by atoms with van der Waals surface area (Å²) >= 11 is 0. The van der Waals surface area contributed by atoms with E-state index < -0.39 is 0 Å². The normalized spacial score (nSPS) is 11.1. The summed E-state index contributed by atoms with van der Waals surface area (Å²) in [5, 5.41) is 3.34. The molecule has 20 heavy (non-hydrogen) atoms. The van der Waals surface area contributed by atoms with Gasteiger partial charge in [0.05, 0.1) is 0 Å². The van der Waals surface area contributed by atoms with E-state index in [4.69, 9.17) is 0 Å². The molecule has 4 heteroatoms. The maximum absolute atomic E-state index is 13.5. The average molecular weight is 273 g/mol. The van der Waals surface area contributed by atoms with Crippen LogP contribution in [-0.4, -0.2) is 16.5 Å². The van der Waals surface area contributed by atoms with E-state index in [2.05, 4.69) is 29.1 Å². The van der Waals surface area contributed by atoms with Gasteiger partial charge in [0.25, 0.3) is 0 Å². The summed E-state index contributed by atoms with van der Waals surface area (Å²) in [5.74, 6) is 0.941. The van der Waals surface area contributed by atoms with Gasteiger partial charge in [-0.25, -0.2) is 14.4 Å². The lowest BCUT2D eigenvalue weighted by atomic mass is 10.1. The van der Waals surface area contributed by atoms with Gasteiger partial charge in [0.2, 0.25) is 0 Å². The minimum atomic E-state index is -0.228. The number of aromatic nitrogens is 2. The van der Waals surface area contributed by atoms with Gasteiger partial charge in [-0.3, -0.25) is 0 Å². The Balaban J connectivity index is 2.05. The molecule has 1 aromatic heterocycles. The van der Waals surface area contributed by atoms with Crippen molar-refractivity contribution in [3.05, 3.63) is 47.5 Å². The molecule has 0 aliphatic carbocycles. The second-order valence-corrected chi connectivity index (χ2v) is 5.40. The van der Waals surface area contributed by atoms with Crippen LogP contribution in [0.2, 0.25) is 0 Å². The molecule has 0 fully saturated rings. The highest BCUT2D eigenvalue weighted by Gasteiger charge is 2.05. The standard InChI is InChI=1S/C16H20FN3/c1-11(2)7-18-8-13-9-19-16(20-10-13)14-5-4-12(3)15(17)6-14/h4-6,9-11,18H,7-8H2,1-3H3. The number of benzene rings is 1. The zero-order valence-electron chi connectivity index (χ0n) is 12.2. The van der Waals surface area contributed by atoms with E-state index in [0.29, 0.717) is 22.9 Å². The van der Waals surface area contributed by atoms with Crippen LogP contribution >= 0.6 is 0 Å². The minimum Gasteiger partial charge on any atom is -0.312 e. The molecule has 0 bridgehead atoms. The molecule has 1 heterocycles. The fourth-order valence-corrected chi connectivity index (χ4v) is 1.83. The topological polar surface area (TPSA) is 37.8 Å². The summed E-state index contributed by atoms with van der Waals surface area (Å²) in [7, 11) is 0. The largest absolute Gasteiger partial charge is 0.312 e. The minimum absolute atomic E-state index is 0.228. The first-order valence-corrected chi connectivity index (χ1v) is 6.84. The summed E-state index contributed by atoms with van der Waals surface area (Å²) in [6, 6.07) is 5.05. The average Bonchev–Trinajstić information content (AvgIpc) is 2.42.